The number of benzene rings is 2. The van der Waals surface area contributed by atoms with E-state index in [4.69, 9.17) is 0 Å². The molecule has 198 valence electrons. The summed E-state index contributed by atoms with van der Waals surface area (Å²) in [5.74, 6) is -1.13. The summed E-state index contributed by atoms with van der Waals surface area (Å²) in [6.45, 7) is 3.16. The monoisotopic (exact) mass is 546 g/mol. The molecule has 0 spiro atoms. The quantitative estimate of drug-likeness (QED) is 0.461. The predicted octanol–water partition coefficient (Wildman–Crippen LogP) is 4.29. The van der Waals surface area contributed by atoms with E-state index in [9.17, 15) is 36.0 Å². The largest absolute Gasteiger partial charge is 0.501 e. The highest BCUT2D eigenvalue weighted by molar-refractivity contribution is 7.92. The van der Waals surface area contributed by atoms with Crippen molar-refractivity contribution < 1.29 is 36.0 Å². The van der Waals surface area contributed by atoms with Gasteiger partial charge in [-0.1, -0.05) is 18.2 Å². The minimum Gasteiger partial charge on any atom is -0.322 e. The maximum atomic E-state index is 13.2. The number of urea groups is 1. The highest BCUT2D eigenvalue weighted by atomic mass is 32.2. The summed E-state index contributed by atoms with van der Waals surface area (Å²) < 4.78 is 61.8. The average molecular weight is 547 g/mol. The van der Waals surface area contributed by atoms with Crippen LogP contribution >= 0.6 is 0 Å². The number of pyridine rings is 1. The van der Waals surface area contributed by atoms with Crippen LogP contribution in [0.5, 0.6) is 0 Å². The Morgan fingerprint density at radius 1 is 1.05 bits per heavy atom. The molecule has 1 atom stereocenters. The van der Waals surface area contributed by atoms with Crippen molar-refractivity contribution >= 4 is 39.1 Å². The van der Waals surface area contributed by atoms with Crippen LogP contribution in [0.4, 0.5) is 29.3 Å². The number of sulfone groups is 1. The number of aryl methyl sites for hydroxylation is 1. The predicted molar refractivity (Wildman–Crippen MR) is 131 cm³/mol. The van der Waals surface area contributed by atoms with E-state index >= 15 is 0 Å². The zero-order chi connectivity index (χ0) is 27.8. The third-order valence-electron chi connectivity index (χ3n) is 6.08. The van der Waals surface area contributed by atoms with Crippen LogP contribution < -0.4 is 10.2 Å². The third kappa shape index (κ3) is 4.84. The van der Waals surface area contributed by atoms with Gasteiger partial charge in [-0.3, -0.25) is 14.6 Å². The minimum atomic E-state index is -5.59. The lowest BCUT2D eigenvalue weighted by Gasteiger charge is -2.21. The number of aromatic nitrogens is 1. The standard InChI is InChI=1S/C25H21F3N4O5S/c1-15-5-3-4-6-21(15)30-22(33)20-13-29-12-11-17(20)14-31-16(2)23(34)32(24(31)35)18-7-9-19(10-8-18)38(36,37)25(26,27)28/h3-13,16H,14H2,1-2H3,(H,30,33). The second kappa shape index (κ2) is 9.89. The SMILES string of the molecule is Cc1ccccc1NC(=O)c1cnccc1CN1C(=O)N(c2ccc(S(=O)(=O)C(F)(F)F)cc2)C(=O)C1C. The molecule has 9 nitrogen and oxygen atoms in total. The number of amides is 4. The molecule has 0 bridgehead atoms. The van der Waals surface area contributed by atoms with Crippen molar-refractivity contribution in [3.8, 4) is 0 Å². The second-order valence-electron chi connectivity index (χ2n) is 8.51. The Morgan fingerprint density at radius 3 is 2.34 bits per heavy atom. The molecular weight excluding hydrogens is 525 g/mol. The third-order valence-corrected chi connectivity index (χ3v) is 7.58. The van der Waals surface area contributed by atoms with Gasteiger partial charge in [-0.05, 0) is 61.4 Å². The zero-order valence-corrected chi connectivity index (χ0v) is 20.9. The number of carbonyl (C=O) groups is 3. The molecule has 1 unspecified atom stereocenters. The average Bonchev–Trinajstić information content (AvgIpc) is 3.08. The molecule has 13 heteroatoms. The Kier molecular flexibility index (Phi) is 6.98. The molecule has 0 aliphatic carbocycles. The number of hydrogen-bond donors (Lipinski definition) is 1. The lowest BCUT2D eigenvalue weighted by Crippen LogP contribution is -2.34. The molecule has 4 rings (SSSR count). The van der Waals surface area contributed by atoms with Gasteiger partial charge in [0.1, 0.15) is 6.04 Å². The lowest BCUT2D eigenvalue weighted by molar-refractivity contribution is -0.119. The van der Waals surface area contributed by atoms with E-state index in [1.54, 1.807) is 12.1 Å². The first-order valence-electron chi connectivity index (χ1n) is 11.2. The number of hydrogen-bond acceptors (Lipinski definition) is 6. The van der Waals surface area contributed by atoms with Crippen LogP contribution in [-0.2, 0) is 21.2 Å². The molecule has 3 aromatic rings. The van der Waals surface area contributed by atoms with Gasteiger partial charge in [0.05, 0.1) is 16.1 Å². The molecule has 4 amide bonds. The van der Waals surface area contributed by atoms with E-state index < -0.39 is 44.1 Å². The molecule has 1 saturated heterocycles. The van der Waals surface area contributed by atoms with E-state index in [0.29, 0.717) is 23.4 Å². The van der Waals surface area contributed by atoms with Gasteiger partial charge in [-0.25, -0.2) is 18.1 Å². The molecule has 1 aromatic heterocycles. The van der Waals surface area contributed by atoms with Crippen molar-refractivity contribution in [3.05, 3.63) is 83.7 Å². The van der Waals surface area contributed by atoms with Gasteiger partial charge in [0, 0.05) is 24.6 Å². The van der Waals surface area contributed by atoms with E-state index in [2.05, 4.69) is 10.3 Å². The number of alkyl halides is 3. The Labute approximate surface area is 215 Å². The number of nitrogens with one attached hydrogen (secondary N) is 1. The van der Waals surface area contributed by atoms with E-state index in [1.807, 2.05) is 19.1 Å². The number of imide groups is 1. The van der Waals surface area contributed by atoms with Gasteiger partial charge in [-0.15, -0.1) is 0 Å². The first-order chi connectivity index (χ1) is 17.8. The van der Waals surface area contributed by atoms with Gasteiger partial charge in [0.2, 0.25) is 0 Å². The first kappa shape index (κ1) is 26.8. The fourth-order valence-electron chi connectivity index (χ4n) is 3.91. The van der Waals surface area contributed by atoms with E-state index in [-0.39, 0.29) is 17.8 Å². The maximum absolute atomic E-state index is 13.2. The molecular formula is C25H21F3N4O5S. The van der Waals surface area contributed by atoms with Gasteiger partial charge < -0.3 is 10.2 Å². The molecule has 1 fully saturated rings. The van der Waals surface area contributed by atoms with Gasteiger partial charge in [0.15, 0.2) is 0 Å². The van der Waals surface area contributed by atoms with Crippen LogP contribution in [0.15, 0.2) is 71.9 Å². The fourth-order valence-corrected chi connectivity index (χ4v) is 4.67. The Bertz CT molecular complexity index is 1520. The topological polar surface area (TPSA) is 117 Å². The first-order valence-corrected chi connectivity index (χ1v) is 12.7. The van der Waals surface area contributed by atoms with Crippen molar-refractivity contribution in [2.75, 3.05) is 10.2 Å². The summed E-state index contributed by atoms with van der Waals surface area (Å²) in [6, 6.07) is 10.2. The van der Waals surface area contributed by atoms with E-state index in [0.717, 1.165) is 22.6 Å². The number of nitrogens with zero attached hydrogens (tertiary/aromatic N) is 3. The fraction of sp³-hybridized carbons (Fsp3) is 0.200. The number of carbonyl (C=O) groups excluding carboxylic acids is 3. The van der Waals surface area contributed by atoms with Crippen molar-refractivity contribution in [2.45, 2.75) is 36.8 Å². The molecule has 2 heterocycles. The van der Waals surface area contributed by atoms with Crippen molar-refractivity contribution in [1.29, 1.82) is 0 Å². The van der Waals surface area contributed by atoms with Crippen LogP contribution in [0.2, 0.25) is 0 Å². The number of halogens is 3. The van der Waals surface area contributed by atoms with Crippen molar-refractivity contribution in [3.63, 3.8) is 0 Å². The Hall–Kier alpha value is -4.26. The van der Waals surface area contributed by atoms with Crippen LogP contribution in [0.3, 0.4) is 0 Å². The summed E-state index contributed by atoms with van der Waals surface area (Å²) in [7, 11) is -5.59. The van der Waals surface area contributed by atoms with E-state index in [1.165, 1.54) is 30.3 Å². The zero-order valence-electron chi connectivity index (χ0n) is 20.1. The van der Waals surface area contributed by atoms with Crippen LogP contribution in [-0.4, -0.2) is 47.7 Å². The van der Waals surface area contributed by atoms with Crippen molar-refractivity contribution in [1.82, 2.24) is 9.88 Å². The summed E-state index contributed by atoms with van der Waals surface area (Å²) >= 11 is 0. The summed E-state index contributed by atoms with van der Waals surface area (Å²) in [4.78, 5) is 44.1. The molecule has 1 aliphatic heterocycles. The Morgan fingerprint density at radius 2 is 1.71 bits per heavy atom. The molecule has 38 heavy (non-hydrogen) atoms. The molecule has 0 saturated carbocycles. The second-order valence-corrected chi connectivity index (χ2v) is 10.4. The minimum absolute atomic E-state index is 0.0947. The summed E-state index contributed by atoms with van der Waals surface area (Å²) in [5, 5.41) is 2.80. The van der Waals surface area contributed by atoms with Crippen molar-refractivity contribution in [2.24, 2.45) is 0 Å². The Balaban J connectivity index is 1.58. The summed E-state index contributed by atoms with van der Waals surface area (Å²) in [5.41, 5.74) is -3.56. The summed E-state index contributed by atoms with van der Waals surface area (Å²) in [6.07, 6.45) is 2.78. The number of anilines is 2. The normalized spacial score (nSPS) is 16.2. The van der Waals surface area contributed by atoms with Crippen LogP contribution in [0.25, 0.3) is 0 Å². The number of rotatable bonds is 6. The van der Waals surface area contributed by atoms with Gasteiger partial charge in [-0.2, -0.15) is 13.2 Å². The van der Waals surface area contributed by atoms with Gasteiger partial charge in [0.25, 0.3) is 21.7 Å². The van der Waals surface area contributed by atoms with Crippen LogP contribution in [0.1, 0.15) is 28.4 Å². The molecule has 2 aromatic carbocycles. The van der Waals surface area contributed by atoms with Gasteiger partial charge >= 0.3 is 11.5 Å². The molecule has 1 aliphatic rings. The smallest absolute Gasteiger partial charge is 0.322 e. The molecule has 1 N–H and O–H groups in total. The molecule has 0 radical (unpaired) electrons. The lowest BCUT2D eigenvalue weighted by atomic mass is 10.1. The van der Waals surface area contributed by atoms with Crippen LogP contribution in [0, 0.1) is 6.92 Å². The maximum Gasteiger partial charge on any atom is 0.501 e. The highest BCUT2D eigenvalue weighted by Gasteiger charge is 2.47. The number of para-hydroxylation sites is 1. The highest BCUT2D eigenvalue weighted by Crippen LogP contribution is 2.33.